The van der Waals surface area contributed by atoms with Crippen LogP contribution >= 0.6 is 0 Å². The molecule has 1 aromatic rings. The zero-order valence-corrected chi connectivity index (χ0v) is 15.9. The van der Waals surface area contributed by atoms with Gasteiger partial charge in [-0.15, -0.1) is 0 Å². The standard InChI is InChI=1S/C22H30N2/c1-15-10-16(2)18(24-11-15)21-12-22(13-21,14-21)20(5)8-6-17(7-9-23)19(20,3)4/h10-11,17H,6-8,12-14H2,1-5H3. The molecular weight excluding hydrogens is 292 g/mol. The molecule has 2 heteroatoms. The Hall–Kier alpha value is -1.36. The molecule has 5 rings (SSSR count). The quantitative estimate of drug-likeness (QED) is 0.739. The lowest BCUT2D eigenvalue weighted by Crippen LogP contribution is -2.72. The molecule has 128 valence electrons. The third-order valence-electron chi connectivity index (χ3n) is 8.69. The Kier molecular flexibility index (Phi) is 3.11. The number of hydrogen-bond acceptors (Lipinski definition) is 2. The molecule has 1 aromatic heterocycles. The summed E-state index contributed by atoms with van der Waals surface area (Å²) in [5.74, 6) is 0.566. The first kappa shape index (κ1) is 16.1. The van der Waals surface area contributed by atoms with Crippen LogP contribution in [0, 0.1) is 47.3 Å². The Morgan fingerprint density at radius 3 is 2.46 bits per heavy atom. The Balaban J connectivity index is 1.59. The largest absolute Gasteiger partial charge is 0.260 e. The van der Waals surface area contributed by atoms with Crippen LogP contribution in [0.15, 0.2) is 12.3 Å². The minimum absolute atomic E-state index is 0.269. The maximum atomic E-state index is 9.20. The number of aromatic nitrogens is 1. The van der Waals surface area contributed by atoms with Gasteiger partial charge in [-0.3, -0.25) is 4.98 Å². The van der Waals surface area contributed by atoms with Gasteiger partial charge in [0.2, 0.25) is 0 Å². The van der Waals surface area contributed by atoms with Crippen LogP contribution in [-0.4, -0.2) is 4.98 Å². The van der Waals surface area contributed by atoms with E-state index in [1.165, 1.54) is 48.9 Å². The van der Waals surface area contributed by atoms with Gasteiger partial charge in [-0.1, -0.05) is 26.8 Å². The number of aryl methyl sites for hydroxylation is 2. The summed E-state index contributed by atoms with van der Waals surface area (Å²) in [6.07, 6.45) is 9.24. The molecular formula is C22H30N2. The highest BCUT2D eigenvalue weighted by molar-refractivity contribution is 5.42. The van der Waals surface area contributed by atoms with E-state index in [1.54, 1.807) is 0 Å². The molecule has 2 unspecified atom stereocenters. The van der Waals surface area contributed by atoms with E-state index >= 15 is 0 Å². The zero-order valence-electron chi connectivity index (χ0n) is 15.9. The van der Waals surface area contributed by atoms with Crippen molar-refractivity contribution in [1.29, 1.82) is 5.26 Å². The minimum Gasteiger partial charge on any atom is -0.260 e. The Labute approximate surface area is 146 Å². The third-order valence-corrected chi connectivity index (χ3v) is 8.69. The van der Waals surface area contributed by atoms with Crippen molar-refractivity contribution in [3.05, 3.63) is 29.1 Å². The number of rotatable bonds is 3. The van der Waals surface area contributed by atoms with E-state index in [0.717, 1.165) is 6.42 Å². The fraction of sp³-hybridized carbons (Fsp3) is 0.727. The highest BCUT2D eigenvalue weighted by Gasteiger charge is 2.78. The molecule has 4 aliphatic carbocycles. The molecule has 0 radical (unpaired) electrons. The van der Waals surface area contributed by atoms with Gasteiger partial charge in [0.25, 0.3) is 0 Å². The molecule has 2 atom stereocenters. The van der Waals surface area contributed by atoms with Crippen molar-refractivity contribution in [3.63, 3.8) is 0 Å². The van der Waals surface area contributed by atoms with Gasteiger partial charge in [0.1, 0.15) is 0 Å². The van der Waals surface area contributed by atoms with Gasteiger partial charge in [0, 0.05) is 23.7 Å². The van der Waals surface area contributed by atoms with E-state index in [0.29, 0.717) is 22.2 Å². The van der Waals surface area contributed by atoms with Crippen molar-refractivity contribution < 1.29 is 0 Å². The van der Waals surface area contributed by atoms with Crippen molar-refractivity contribution in [2.45, 2.75) is 78.6 Å². The van der Waals surface area contributed by atoms with E-state index in [4.69, 9.17) is 4.98 Å². The first-order chi connectivity index (χ1) is 11.2. The lowest BCUT2D eigenvalue weighted by Gasteiger charge is -2.78. The fourth-order valence-electron chi connectivity index (χ4n) is 6.91. The third kappa shape index (κ3) is 1.69. The van der Waals surface area contributed by atoms with Gasteiger partial charge < -0.3 is 0 Å². The Morgan fingerprint density at radius 1 is 1.21 bits per heavy atom. The van der Waals surface area contributed by atoms with Crippen molar-refractivity contribution >= 4 is 0 Å². The smallest absolute Gasteiger partial charge is 0.0624 e. The molecule has 0 amide bonds. The Bertz CT molecular complexity index is 719. The topological polar surface area (TPSA) is 36.7 Å². The second kappa shape index (κ2) is 4.63. The van der Waals surface area contributed by atoms with Crippen LogP contribution in [0.1, 0.15) is 76.1 Å². The summed E-state index contributed by atoms with van der Waals surface area (Å²) in [6.45, 7) is 11.8. The second-order valence-electron chi connectivity index (χ2n) is 9.92. The van der Waals surface area contributed by atoms with Crippen LogP contribution in [0.4, 0.5) is 0 Å². The minimum atomic E-state index is 0.269. The van der Waals surface area contributed by atoms with E-state index in [-0.39, 0.29) is 5.41 Å². The zero-order chi connectivity index (χ0) is 17.4. The summed E-state index contributed by atoms with van der Waals surface area (Å²) in [5.41, 5.74) is 5.52. The summed E-state index contributed by atoms with van der Waals surface area (Å²) in [4.78, 5) is 4.83. The molecule has 0 aromatic carbocycles. The maximum Gasteiger partial charge on any atom is 0.0624 e. The maximum absolute atomic E-state index is 9.20. The van der Waals surface area contributed by atoms with E-state index < -0.39 is 0 Å². The lowest BCUT2D eigenvalue weighted by molar-refractivity contribution is -0.251. The molecule has 4 aliphatic rings. The van der Waals surface area contributed by atoms with E-state index in [2.05, 4.69) is 46.8 Å². The van der Waals surface area contributed by atoms with Crippen molar-refractivity contribution in [2.24, 2.45) is 22.2 Å². The van der Waals surface area contributed by atoms with Crippen LogP contribution in [0.25, 0.3) is 0 Å². The predicted octanol–water partition coefficient (Wildman–Crippen LogP) is 5.48. The summed E-state index contributed by atoms with van der Waals surface area (Å²) < 4.78 is 0. The van der Waals surface area contributed by atoms with Crippen molar-refractivity contribution in [1.82, 2.24) is 4.98 Å². The fourth-order valence-corrected chi connectivity index (χ4v) is 6.91. The molecule has 0 N–H and O–H groups in total. The normalized spacial score (nSPS) is 42.1. The number of pyridine rings is 1. The van der Waals surface area contributed by atoms with Crippen molar-refractivity contribution in [3.8, 4) is 6.07 Å². The Morgan fingerprint density at radius 2 is 1.88 bits per heavy atom. The van der Waals surface area contributed by atoms with Gasteiger partial charge in [-0.2, -0.15) is 5.26 Å². The van der Waals surface area contributed by atoms with E-state index in [9.17, 15) is 5.26 Å². The highest BCUT2D eigenvalue weighted by atomic mass is 14.9. The summed E-state index contributed by atoms with van der Waals surface area (Å²) in [6, 6.07) is 4.73. The van der Waals surface area contributed by atoms with Crippen LogP contribution < -0.4 is 0 Å². The molecule has 0 spiro atoms. The van der Waals surface area contributed by atoms with Gasteiger partial charge in [-0.25, -0.2) is 0 Å². The van der Waals surface area contributed by atoms with Gasteiger partial charge in [0.15, 0.2) is 0 Å². The van der Waals surface area contributed by atoms with E-state index in [1.807, 2.05) is 6.20 Å². The van der Waals surface area contributed by atoms with Crippen LogP contribution in [0.3, 0.4) is 0 Å². The molecule has 0 saturated heterocycles. The van der Waals surface area contributed by atoms with Crippen molar-refractivity contribution in [2.75, 3.05) is 0 Å². The average Bonchev–Trinajstić information content (AvgIpc) is 2.63. The predicted molar refractivity (Wildman–Crippen MR) is 96.5 cm³/mol. The molecule has 24 heavy (non-hydrogen) atoms. The van der Waals surface area contributed by atoms with Crippen LogP contribution in [0.5, 0.6) is 0 Å². The summed E-state index contributed by atoms with van der Waals surface area (Å²) in [7, 11) is 0. The highest BCUT2D eigenvalue weighted by Crippen LogP contribution is 2.84. The van der Waals surface area contributed by atoms with Gasteiger partial charge in [0.05, 0.1) is 6.07 Å². The molecule has 4 saturated carbocycles. The van der Waals surface area contributed by atoms with Crippen LogP contribution in [0.2, 0.25) is 0 Å². The number of hydrogen-bond donors (Lipinski definition) is 0. The first-order valence-corrected chi connectivity index (χ1v) is 9.51. The number of nitriles is 1. The molecule has 0 aliphatic heterocycles. The molecule has 2 bridgehead atoms. The monoisotopic (exact) mass is 322 g/mol. The molecule has 2 nitrogen and oxygen atoms in total. The SMILES string of the molecule is Cc1cnc(C23CC(C4(C)CCC(CC#N)C4(C)C)(C2)C3)c(C)c1. The van der Waals surface area contributed by atoms with Gasteiger partial charge >= 0.3 is 0 Å². The average molecular weight is 322 g/mol. The van der Waals surface area contributed by atoms with Gasteiger partial charge in [-0.05, 0) is 79.2 Å². The van der Waals surface area contributed by atoms with Crippen LogP contribution in [-0.2, 0) is 5.41 Å². The number of nitrogens with zero attached hydrogens (tertiary/aromatic N) is 2. The summed E-state index contributed by atoms with van der Waals surface area (Å²) in [5, 5.41) is 9.20. The summed E-state index contributed by atoms with van der Waals surface area (Å²) >= 11 is 0. The first-order valence-electron chi connectivity index (χ1n) is 9.51. The second-order valence-corrected chi connectivity index (χ2v) is 9.92. The lowest BCUT2D eigenvalue weighted by atomic mass is 9.25. The molecule has 1 heterocycles. The molecule has 4 fully saturated rings.